The van der Waals surface area contributed by atoms with Crippen molar-refractivity contribution < 1.29 is 113 Å². The zero-order valence-electron chi connectivity index (χ0n) is 20.0. The number of carbonyl (C=O) groups excluding carboxylic acids is 1. The van der Waals surface area contributed by atoms with Crippen molar-refractivity contribution in [3.05, 3.63) is 48.5 Å². The number of carbonyl (C=O) groups is 1. The van der Waals surface area contributed by atoms with Crippen LogP contribution < -0.4 is 108 Å². The maximum Gasteiger partial charge on any atom is 1.00 e. The van der Waals surface area contributed by atoms with E-state index in [0.717, 1.165) is 19.6 Å². The second kappa shape index (κ2) is 18.7. The van der Waals surface area contributed by atoms with E-state index < -0.39 is 13.3 Å². The quantitative estimate of drug-likeness (QED) is 0.263. The first-order valence-electron chi connectivity index (χ1n) is 9.30. The summed E-state index contributed by atoms with van der Waals surface area (Å²) >= 11 is 1.88. The number of anilines is 2. The van der Waals surface area contributed by atoms with Gasteiger partial charge in [-0.15, -0.1) is 12.4 Å². The first kappa shape index (κ1) is 39.0. The first-order chi connectivity index (χ1) is 13.7. The molecule has 13 heteroatoms. The average molecular weight is 541 g/mol. The molecule has 0 fully saturated rings. The summed E-state index contributed by atoms with van der Waals surface area (Å²) in [6.07, 6.45) is 0. The maximum absolute atomic E-state index is 9.14. The van der Waals surface area contributed by atoms with E-state index in [9.17, 15) is 0 Å². The Morgan fingerprint density at radius 1 is 0.970 bits per heavy atom. The Morgan fingerprint density at radius 3 is 1.67 bits per heavy atom. The van der Waals surface area contributed by atoms with Crippen molar-refractivity contribution in [2.45, 2.75) is 36.6 Å². The molecule has 0 saturated heterocycles. The van der Waals surface area contributed by atoms with Crippen LogP contribution in [0.3, 0.4) is 0 Å². The Balaban J connectivity index is -0.000000724. The normalized spacial score (nSPS) is 12.1. The minimum atomic E-state index is -5.43. The van der Waals surface area contributed by atoms with Crippen molar-refractivity contribution in [3.63, 3.8) is 0 Å². The molecule has 0 saturated carbocycles. The number of nitrogens with zero attached hydrogens (tertiary/aromatic N) is 2. The molecule has 2 aromatic rings. The number of carboxylic acid groups (broad SMARTS) is 1. The summed E-state index contributed by atoms with van der Waals surface area (Å²) in [7, 11) is -5.43. The summed E-state index contributed by atoms with van der Waals surface area (Å²) in [5.74, 6) is 0. The molecule has 0 bridgehead atoms. The molecule has 0 radical (unpaired) electrons. The Labute approximate surface area is 272 Å². The van der Waals surface area contributed by atoms with Gasteiger partial charge in [0, 0.05) is 22.4 Å². The van der Waals surface area contributed by atoms with Gasteiger partial charge in [0.2, 0.25) is 0 Å². The van der Waals surface area contributed by atoms with E-state index >= 15 is 0 Å². The predicted octanol–water partition coefficient (Wildman–Crippen LogP) is -6.30. The van der Waals surface area contributed by atoms with E-state index in [1.165, 1.54) is 21.2 Å². The zero-order chi connectivity index (χ0) is 21.6. The van der Waals surface area contributed by atoms with Gasteiger partial charge in [-0.25, -0.2) is 0 Å². The average Bonchev–Trinajstić information content (AvgIpc) is 2.68. The van der Waals surface area contributed by atoms with Gasteiger partial charge >= 0.3 is 88.7 Å². The van der Waals surface area contributed by atoms with Crippen molar-refractivity contribution in [2.75, 3.05) is 24.5 Å². The molecule has 0 N–H and O–H groups in total. The number of para-hydroxylation sites is 2. The van der Waals surface area contributed by atoms with Crippen LogP contribution in [0.5, 0.6) is 0 Å². The number of hydrogen-bond donors (Lipinski definition) is 0. The Kier molecular flexibility index (Phi) is 22.0. The summed E-state index contributed by atoms with van der Waals surface area (Å²) in [6, 6.07) is 18.0. The number of likely N-dealkylation sites (N-methyl/N-ethyl adjacent to an activating group) is 1. The van der Waals surface area contributed by atoms with Gasteiger partial charge in [0.05, 0.1) is 17.1 Å². The van der Waals surface area contributed by atoms with Crippen molar-refractivity contribution >= 4 is 48.8 Å². The molecule has 0 aliphatic carbocycles. The molecule has 1 aliphatic rings. The van der Waals surface area contributed by atoms with Gasteiger partial charge in [0.25, 0.3) is 0 Å². The van der Waals surface area contributed by atoms with Crippen LogP contribution in [0.25, 0.3) is 0 Å². The van der Waals surface area contributed by atoms with Crippen LogP contribution in [0.4, 0.5) is 16.2 Å². The molecular formula is C20H25ClN2Na3O5PS. The molecule has 166 valence electrons. The van der Waals surface area contributed by atoms with Crippen LogP contribution in [0.15, 0.2) is 58.3 Å². The molecule has 0 spiro atoms. The van der Waals surface area contributed by atoms with Gasteiger partial charge in [0.1, 0.15) is 0 Å². The number of halogens is 1. The van der Waals surface area contributed by atoms with Crippen molar-refractivity contribution in [1.29, 1.82) is 0 Å². The molecule has 1 heterocycles. The van der Waals surface area contributed by atoms with E-state index in [1.807, 2.05) is 11.8 Å². The zero-order valence-corrected chi connectivity index (χ0v) is 28.5. The predicted molar refractivity (Wildman–Crippen MR) is 117 cm³/mol. The summed E-state index contributed by atoms with van der Waals surface area (Å²) in [4.78, 5) is 35.0. The van der Waals surface area contributed by atoms with E-state index in [1.54, 1.807) is 0 Å². The molecule has 33 heavy (non-hydrogen) atoms. The molecule has 1 aliphatic heterocycles. The molecule has 0 aromatic heterocycles. The van der Waals surface area contributed by atoms with Crippen LogP contribution in [0.2, 0.25) is 0 Å². The largest absolute Gasteiger partial charge is 1.00 e. The van der Waals surface area contributed by atoms with Gasteiger partial charge in [0.15, 0.2) is 0 Å². The minimum Gasteiger partial charge on any atom is -0.807 e. The molecular weight excluding hydrogens is 516 g/mol. The number of fused-ring (bicyclic) bond motifs is 2. The first-order valence-corrected chi connectivity index (χ1v) is 11.7. The van der Waals surface area contributed by atoms with Gasteiger partial charge in [-0.05, 0) is 51.9 Å². The van der Waals surface area contributed by atoms with Gasteiger partial charge < -0.3 is 29.2 Å². The standard InChI is InChI=1S/C19H24N2S.CH3O5P.ClH.3Na/c1-4-20(5-2)15(3)14-21-16-10-6-8-12-18(16)22-19-13-9-7-11-17(19)21;2-1(3)7(4,5)6;;;;/h6-13,15H,4-5,14H2,1-3H3;(H,2,3)(H2,4,5,6);1H;;;/q;;;3*+1/p-3. The van der Waals surface area contributed by atoms with Crippen molar-refractivity contribution in [3.8, 4) is 0 Å². The molecule has 0 amide bonds. The van der Waals surface area contributed by atoms with Gasteiger partial charge in [-0.3, -0.25) is 4.90 Å². The van der Waals surface area contributed by atoms with Gasteiger partial charge in [-0.2, -0.15) is 0 Å². The Hall–Kier alpha value is 1.46. The molecule has 1 unspecified atom stereocenters. The summed E-state index contributed by atoms with van der Waals surface area (Å²) in [6.45, 7) is 10.0. The van der Waals surface area contributed by atoms with Crippen LogP contribution in [0.1, 0.15) is 20.8 Å². The van der Waals surface area contributed by atoms with Crippen LogP contribution in [-0.2, 0) is 4.57 Å². The third-order valence-corrected chi connectivity index (χ3v) is 6.22. The fraction of sp³-hybridized carbons (Fsp3) is 0.350. The number of benzene rings is 2. The summed E-state index contributed by atoms with van der Waals surface area (Å²) in [5, 5.41) is 9.02. The second-order valence-electron chi connectivity index (χ2n) is 6.48. The minimum absolute atomic E-state index is 0. The maximum atomic E-state index is 9.14. The smallest absolute Gasteiger partial charge is 0.807 e. The topological polar surface area (TPSA) is 110 Å². The van der Waals surface area contributed by atoms with E-state index in [0.29, 0.717) is 6.04 Å². The molecule has 2 aromatic carbocycles. The van der Waals surface area contributed by atoms with Crippen LogP contribution >= 0.6 is 31.8 Å². The fourth-order valence-electron chi connectivity index (χ4n) is 3.20. The fourth-order valence-corrected chi connectivity index (χ4v) is 4.30. The molecule has 7 nitrogen and oxygen atoms in total. The Bertz CT molecular complexity index is 860. The summed E-state index contributed by atoms with van der Waals surface area (Å²) in [5.41, 5.74) is 0.114. The van der Waals surface area contributed by atoms with Crippen molar-refractivity contribution in [2.24, 2.45) is 0 Å². The van der Waals surface area contributed by atoms with Crippen LogP contribution in [0, 0.1) is 0 Å². The van der Waals surface area contributed by atoms with Crippen LogP contribution in [-0.4, -0.2) is 36.3 Å². The Morgan fingerprint density at radius 2 is 1.33 bits per heavy atom. The van der Waals surface area contributed by atoms with Crippen molar-refractivity contribution in [1.82, 2.24) is 4.90 Å². The second-order valence-corrected chi connectivity index (χ2v) is 8.93. The SMILES string of the molecule is CCN(CC)C(C)CN1c2ccccc2Sc2ccccc21.Cl.O=C([O-])P(=O)([O-])[O-].[Na+].[Na+].[Na+]. The van der Waals surface area contributed by atoms with E-state index in [4.69, 9.17) is 24.3 Å². The monoisotopic (exact) mass is 540 g/mol. The summed E-state index contributed by atoms with van der Waals surface area (Å²) < 4.78 is 9.14. The number of rotatable bonds is 6. The van der Waals surface area contributed by atoms with E-state index in [2.05, 4.69) is 79.1 Å². The number of hydrogen-bond acceptors (Lipinski definition) is 8. The van der Waals surface area contributed by atoms with E-state index in [-0.39, 0.29) is 101 Å². The molecule has 3 rings (SSSR count). The third kappa shape index (κ3) is 11.6. The van der Waals surface area contributed by atoms with Gasteiger partial charge in [-0.1, -0.05) is 49.9 Å². The molecule has 1 atom stereocenters. The third-order valence-electron chi connectivity index (χ3n) is 4.64.